The Hall–Kier alpha value is -0.250. The van der Waals surface area contributed by atoms with Gasteiger partial charge in [0.25, 0.3) is 0 Å². The summed E-state index contributed by atoms with van der Waals surface area (Å²) in [5.74, 6) is 0. The molecule has 0 bridgehead atoms. The molecule has 0 aliphatic carbocycles. The highest BCUT2D eigenvalue weighted by atomic mass is 35.5. The van der Waals surface area contributed by atoms with E-state index in [1.165, 1.54) is 0 Å². The van der Waals surface area contributed by atoms with Gasteiger partial charge in [-0.3, -0.25) is 4.57 Å². The lowest BCUT2D eigenvalue weighted by molar-refractivity contribution is 0.201. The number of hydrogen-bond acceptors (Lipinski definition) is 4. The van der Waals surface area contributed by atoms with Crippen LogP contribution in [0.1, 0.15) is 34.1 Å². The molecule has 4 nitrogen and oxygen atoms in total. The summed E-state index contributed by atoms with van der Waals surface area (Å²) in [5.41, 5.74) is 0.716. The summed E-state index contributed by atoms with van der Waals surface area (Å²) in [6.07, 6.45) is 0.560. The Morgan fingerprint density at radius 1 is 1.14 bits per heavy atom. The summed E-state index contributed by atoms with van der Waals surface area (Å²) < 4.78 is 24.0. The van der Waals surface area contributed by atoms with Crippen molar-refractivity contribution in [3.8, 4) is 0 Å². The normalized spacial score (nSPS) is 14.8. The molecule has 0 aliphatic rings. The Balaban J connectivity index is 3.12. The number of anilines is 1. The number of nitrogens with one attached hydrogen (secondary N) is 1. The summed E-state index contributed by atoms with van der Waals surface area (Å²) in [7, 11) is -3.32. The smallest absolute Gasteiger partial charge is 0.355 e. The number of halogens is 2. The maximum Gasteiger partial charge on any atom is 0.355 e. The van der Waals surface area contributed by atoms with E-state index >= 15 is 0 Å². The summed E-state index contributed by atoms with van der Waals surface area (Å²) in [6, 6.07) is 5.17. The third-order valence-corrected chi connectivity index (χ3v) is 6.80. The van der Waals surface area contributed by atoms with Crippen molar-refractivity contribution in [3.63, 3.8) is 0 Å². The van der Waals surface area contributed by atoms with Crippen molar-refractivity contribution < 1.29 is 13.6 Å². The van der Waals surface area contributed by atoms with Crippen LogP contribution in [0.25, 0.3) is 0 Å². The van der Waals surface area contributed by atoms with Crippen molar-refractivity contribution in [2.45, 2.75) is 39.4 Å². The number of hydrogen-bond donors (Lipinski definition) is 1. The van der Waals surface area contributed by atoms with E-state index in [-0.39, 0.29) is 0 Å². The second-order valence-corrected chi connectivity index (χ2v) is 8.03. The maximum atomic E-state index is 13.1. The van der Waals surface area contributed by atoms with E-state index < -0.39 is 12.9 Å². The van der Waals surface area contributed by atoms with E-state index in [2.05, 4.69) is 5.32 Å². The molecule has 0 spiro atoms. The van der Waals surface area contributed by atoms with Gasteiger partial charge in [-0.1, -0.05) is 30.1 Å². The molecular weight excluding hydrogens is 332 g/mol. The van der Waals surface area contributed by atoms with E-state index in [0.29, 0.717) is 35.4 Å². The third-order valence-electron chi connectivity index (χ3n) is 3.22. The molecule has 1 atom stereocenters. The molecule has 0 aliphatic heterocycles. The van der Waals surface area contributed by atoms with E-state index in [0.717, 1.165) is 0 Å². The molecule has 1 aromatic rings. The molecule has 0 saturated carbocycles. The Morgan fingerprint density at radius 2 is 1.71 bits per heavy atom. The molecule has 0 fully saturated rings. The Kier molecular flexibility index (Phi) is 7.02. The van der Waals surface area contributed by atoms with Crippen LogP contribution in [-0.4, -0.2) is 18.5 Å². The van der Waals surface area contributed by atoms with E-state index in [9.17, 15) is 4.57 Å². The van der Waals surface area contributed by atoms with Crippen LogP contribution in [0, 0.1) is 0 Å². The van der Waals surface area contributed by atoms with Gasteiger partial charge in [0.2, 0.25) is 0 Å². The fourth-order valence-electron chi connectivity index (χ4n) is 1.90. The Morgan fingerprint density at radius 3 is 2.14 bits per heavy atom. The average Bonchev–Trinajstić information content (AvgIpc) is 2.43. The molecule has 1 rings (SSSR count). The van der Waals surface area contributed by atoms with Gasteiger partial charge in [0, 0.05) is 5.69 Å². The van der Waals surface area contributed by atoms with Crippen molar-refractivity contribution >= 4 is 36.5 Å². The predicted octanol–water partition coefficient (Wildman–Crippen LogP) is 5.80. The highest BCUT2D eigenvalue weighted by molar-refractivity contribution is 7.55. The number of benzene rings is 1. The van der Waals surface area contributed by atoms with Crippen molar-refractivity contribution in [1.82, 2.24) is 0 Å². The molecule has 1 N–H and O–H groups in total. The Labute approximate surface area is 136 Å². The average molecular weight is 354 g/mol. The SMILES string of the molecule is CCOP(=O)(OCC)[C@@](C)(CC)Nc1ccc(Cl)c(Cl)c1. The van der Waals surface area contributed by atoms with E-state index in [1.54, 1.807) is 32.0 Å². The van der Waals surface area contributed by atoms with Gasteiger partial charge in [0.15, 0.2) is 0 Å². The van der Waals surface area contributed by atoms with Crippen LogP contribution in [0.5, 0.6) is 0 Å². The van der Waals surface area contributed by atoms with Gasteiger partial charge in [-0.2, -0.15) is 0 Å². The first-order valence-electron chi connectivity index (χ1n) is 6.94. The summed E-state index contributed by atoms with van der Waals surface area (Å²) in [4.78, 5) is 0. The van der Waals surface area contributed by atoms with Crippen LogP contribution in [0.3, 0.4) is 0 Å². The number of rotatable bonds is 8. The van der Waals surface area contributed by atoms with Crippen LogP contribution in [0.15, 0.2) is 18.2 Å². The van der Waals surface area contributed by atoms with Crippen LogP contribution < -0.4 is 5.32 Å². The summed E-state index contributed by atoms with van der Waals surface area (Å²) in [6.45, 7) is 7.96. The molecule has 0 amide bonds. The van der Waals surface area contributed by atoms with Gasteiger partial charge >= 0.3 is 7.60 Å². The second-order valence-electron chi connectivity index (χ2n) is 4.71. The second kappa shape index (κ2) is 7.85. The van der Waals surface area contributed by atoms with E-state index in [4.69, 9.17) is 32.2 Å². The molecule has 21 heavy (non-hydrogen) atoms. The Bertz CT molecular complexity index is 517. The zero-order chi connectivity index (χ0) is 16.1. The quantitative estimate of drug-likeness (QED) is 0.600. The monoisotopic (exact) mass is 353 g/mol. The topological polar surface area (TPSA) is 47.6 Å². The van der Waals surface area contributed by atoms with Crippen molar-refractivity contribution in [1.29, 1.82) is 0 Å². The highest BCUT2D eigenvalue weighted by Crippen LogP contribution is 2.61. The minimum absolute atomic E-state index is 0.315. The van der Waals surface area contributed by atoms with Gasteiger partial charge in [0.05, 0.1) is 23.3 Å². The van der Waals surface area contributed by atoms with Gasteiger partial charge in [-0.25, -0.2) is 0 Å². The first-order valence-corrected chi connectivity index (χ1v) is 9.24. The molecule has 0 saturated heterocycles. The van der Waals surface area contributed by atoms with Crippen molar-refractivity contribution in [3.05, 3.63) is 28.2 Å². The van der Waals surface area contributed by atoms with Gasteiger partial charge in [-0.15, -0.1) is 0 Å². The van der Waals surface area contributed by atoms with Gasteiger partial charge in [0.1, 0.15) is 5.28 Å². The first-order chi connectivity index (χ1) is 9.81. The van der Waals surface area contributed by atoms with Crippen LogP contribution in [-0.2, 0) is 13.6 Å². The molecule has 1 aromatic carbocycles. The van der Waals surface area contributed by atoms with E-state index in [1.807, 2.05) is 13.8 Å². The van der Waals surface area contributed by atoms with Crippen LogP contribution in [0.2, 0.25) is 10.0 Å². The molecule has 0 unspecified atom stereocenters. The summed E-state index contributed by atoms with van der Waals surface area (Å²) >= 11 is 11.9. The third kappa shape index (κ3) is 4.37. The van der Waals surface area contributed by atoms with Gasteiger partial charge in [-0.05, 0) is 45.4 Å². The van der Waals surface area contributed by atoms with Crippen LogP contribution >= 0.6 is 30.8 Å². The summed E-state index contributed by atoms with van der Waals surface area (Å²) in [5, 5.41) is 3.28. The molecule has 0 aromatic heterocycles. The zero-order valence-corrected chi connectivity index (χ0v) is 15.2. The fraction of sp³-hybridized carbons (Fsp3) is 0.571. The molecule has 120 valence electrons. The lowest BCUT2D eigenvalue weighted by Gasteiger charge is -2.36. The van der Waals surface area contributed by atoms with Gasteiger partial charge < -0.3 is 14.4 Å². The predicted molar refractivity (Wildman–Crippen MR) is 89.6 cm³/mol. The minimum Gasteiger partial charge on any atom is -0.369 e. The molecular formula is C14H22Cl2NO3P. The highest BCUT2D eigenvalue weighted by Gasteiger charge is 2.46. The molecule has 7 heteroatoms. The molecule has 0 heterocycles. The standard InChI is InChI=1S/C14H22Cl2NO3P/c1-5-14(4,21(18,19-6-2)20-7-3)17-11-8-9-12(15)13(16)10-11/h8-10,17H,5-7H2,1-4H3/t14-/m0/s1. The van der Waals surface area contributed by atoms with Crippen molar-refractivity contribution in [2.24, 2.45) is 0 Å². The maximum absolute atomic E-state index is 13.1. The van der Waals surface area contributed by atoms with Crippen LogP contribution in [0.4, 0.5) is 5.69 Å². The lowest BCUT2D eigenvalue weighted by atomic mass is 10.2. The fourth-order valence-corrected chi connectivity index (χ4v) is 4.17. The zero-order valence-electron chi connectivity index (χ0n) is 12.8. The lowest BCUT2D eigenvalue weighted by Crippen LogP contribution is -2.35. The molecule has 0 radical (unpaired) electrons. The minimum atomic E-state index is -3.32. The largest absolute Gasteiger partial charge is 0.369 e. The first kappa shape index (κ1) is 18.8. The van der Waals surface area contributed by atoms with Crippen molar-refractivity contribution in [2.75, 3.05) is 18.5 Å².